The topological polar surface area (TPSA) is 73.2 Å². The van der Waals surface area contributed by atoms with E-state index in [1.54, 1.807) is 12.1 Å². The standard InChI is InChI=1S/C17H15F4N3O3S/c1-24-8-12(16(22-24)17(20)21)23-28(25,26)14-7-6-13(27-9-15(18)19)10-4-2-3-5-11(10)14/h2-8,15,17,23H,9H2,1H3. The van der Waals surface area contributed by atoms with E-state index in [4.69, 9.17) is 4.74 Å². The first-order valence-corrected chi connectivity index (χ1v) is 9.44. The Kier molecular flexibility index (Phi) is 5.45. The van der Waals surface area contributed by atoms with Crippen LogP contribution in [0.4, 0.5) is 23.2 Å². The molecule has 0 fully saturated rings. The zero-order chi connectivity index (χ0) is 20.5. The Hall–Kier alpha value is -2.82. The molecule has 11 heteroatoms. The third-order valence-corrected chi connectivity index (χ3v) is 5.23. The molecule has 6 nitrogen and oxygen atoms in total. The van der Waals surface area contributed by atoms with Crippen molar-refractivity contribution in [3.63, 3.8) is 0 Å². The Balaban J connectivity index is 2.04. The van der Waals surface area contributed by atoms with Crippen LogP contribution in [0.3, 0.4) is 0 Å². The van der Waals surface area contributed by atoms with Crippen LogP contribution in [-0.4, -0.2) is 31.2 Å². The number of nitrogens with zero attached hydrogens (tertiary/aromatic N) is 2. The van der Waals surface area contributed by atoms with Crippen molar-refractivity contribution < 1.29 is 30.7 Å². The molecule has 150 valence electrons. The molecule has 3 rings (SSSR count). The summed E-state index contributed by atoms with van der Waals surface area (Å²) < 4.78 is 84.9. The van der Waals surface area contributed by atoms with Crippen molar-refractivity contribution in [2.45, 2.75) is 17.7 Å². The molecule has 0 aliphatic carbocycles. The molecule has 1 aromatic heterocycles. The fourth-order valence-corrected chi connectivity index (χ4v) is 3.97. The number of rotatable bonds is 7. The Labute approximate surface area is 157 Å². The highest BCUT2D eigenvalue weighted by Gasteiger charge is 2.25. The minimum absolute atomic E-state index is 0.0875. The zero-order valence-electron chi connectivity index (χ0n) is 14.4. The van der Waals surface area contributed by atoms with Gasteiger partial charge in [0.2, 0.25) is 0 Å². The Bertz CT molecular complexity index is 1100. The van der Waals surface area contributed by atoms with Gasteiger partial charge < -0.3 is 4.74 Å². The molecule has 0 unspecified atom stereocenters. The Morgan fingerprint density at radius 2 is 1.79 bits per heavy atom. The van der Waals surface area contributed by atoms with E-state index in [0.717, 1.165) is 10.9 Å². The summed E-state index contributed by atoms with van der Waals surface area (Å²) in [4.78, 5) is -0.212. The summed E-state index contributed by atoms with van der Waals surface area (Å²) in [5.74, 6) is 0.0875. The van der Waals surface area contributed by atoms with Crippen LogP contribution < -0.4 is 9.46 Å². The summed E-state index contributed by atoms with van der Waals surface area (Å²) in [5, 5.41) is 4.05. The van der Waals surface area contributed by atoms with E-state index in [2.05, 4.69) is 9.82 Å². The minimum atomic E-state index is -4.27. The van der Waals surface area contributed by atoms with Crippen LogP contribution in [0.25, 0.3) is 10.8 Å². The first-order valence-electron chi connectivity index (χ1n) is 7.96. The van der Waals surface area contributed by atoms with Gasteiger partial charge in [-0.1, -0.05) is 24.3 Å². The number of sulfonamides is 1. The van der Waals surface area contributed by atoms with Crippen molar-refractivity contribution in [1.82, 2.24) is 9.78 Å². The number of hydrogen-bond donors (Lipinski definition) is 1. The van der Waals surface area contributed by atoms with Crippen LogP contribution >= 0.6 is 0 Å². The molecular weight excluding hydrogens is 402 g/mol. The zero-order valence-corrected chi connectivity index (χ0v) is 15.3. The number of nitrogens with one attached hydrogen (secondary N) is 1. The summed E-state index contributed by atoms with van der Waals surface area (Å²) in [7, 11) is -2.89. The van der Waals surface area contributed by atoms with Crippen LogP contribution in [-0.2, 0) is 17.1 Å². The van der Waals surface area contributed by atoms with E-state index in [-0.39, 0.29) is 21.7 Å². The van der Waals surface area contributed by atoms with E-state index < -0.39 is 35.2 Å². The van der Waals surface area contributed by atoms with Crippen molar-refractivity contribution in [3.05, 3.63) is 48.3 Å². The van der Waals surface area contributed by atoms with Gasteiger partial charge in [-0.2, -0.15) is 5.10 Å². The van der Waals surface area contributed by atoms with Gasteiger partial charge >= 0.3 is 0 Å². The quantitative estimate of drug-likeness (QED) is 0.591. The molecular formula is C17H15F4N3O3S. The van der Waals surface area contributed by atoms with E-state index in [1.165, 1.54) is 31.3 Å². The van der Waals surface area contributed by atoms with E-state index in [9.17, 15) is 26.0 Å². The molecule has 0 spiro atoms. The third-order valence-electron chi connectivity index (χ3n) is 3.81. The Morgan fingerprint density at radius 1 is 1.11 bits per heavy atom. The highest BCUT2D eigenvalue weighted by Crippen LogP contribution is 2.33. The van der Waals surface area contributed by atoms with Gasteiger partial charge in [-0.25, -0.2) is 26.0 Å². The smallest absolute Gasteiger partial charge is 0.284 e. The second kappa shape index (κ2) is 7.66. The summed E-state index contributed by atoms with van der Waals surface area (Å²) in [6, 6.07) is 8.56. The Morgan fingerprint density at radius 3 is 2.43 bits per heavy atom. The maximum Gasteiger partial charge on any atom is 0.284 e. The molecule has 28 heavy (non-hydrogen) atoms. The maximum atomic E-state index is 13.1. The lowest BCUT2D eigenvalue weighted by molar-refractivity contribution is 0.0826. The average Bonchev–Trinajstić information content (AvgIpc) is 2.99. The van der Waals surface area contributed by atoms with Gasteiger partial charge in [0.05, 0.1) is 10.6 Å². The molecule has 0 aliphatic rings. The van der Waals surface area contributed by atoms with Crippen LogP contribution in [0.15, 0.2) is 47.5 Å². The molecule has 3 aromatic rings. The molecule has 2 aromatic carbocycles. The van der Waals surface area contributed by atoms with Crippen molar-refractivity contribution in [2.24, 2.45) is 7.05 Å². The van der Waals surface area contributed by atoms with E-state index in [1.807, 2.05) is 0 Å². The second-order valence-electron chi connectivity index (χ2n) is 5.82. The summed E-state index contributed by atoms with van der Waals surface area (Å²) in [6.07, 6.45) is -4.54. The van der Waals surface area contributed by atoms with Gasteiger partial charge in [0.1, 0.15) is 12.4 Å². The lowest BCUT2D eigenvalue weighted by atomic mass is 10.1. The SMILES string of the molecule is Cn1cc(NS(=O)(=O)c2ccc(OCC(F)F)c3ccccc23)c(C(F)F)n1. The van der Waals surface area contributed by atoms with Gasteiger partial charge in [-0.15, -0.1) is 0 Å². The maximum absolute atomic E-state index is 13.1. The van der Waals surface area contributed by atoms with Gasteiger partial charge in [0.25, 0.3) is 22.9 Å². The largest absolute Gasteiger partial charge is 0.487 e. The molecule has 1 heterocycles. The number of halogens is 4. The highest BCUT2D eigenvalue weighted by molar-refractivity contribution is 7.93. The van der Waals surface area contributed by atoms with Crippen LogP contribution in [0.1, 0.15) is 12.1 Å². The number of aromatic nitrogens is 2. The predicted octanol–water partition coefficient (Wildman–Crippen LogP) is 3.96. The van der Waals surface area contributed by atoms with Gasteiger partial charge in [-0.3, -0.25) is 9.40 Å². The number of ether oxygens (including phenoxy) is 1. The molecule has 0 aliphatic heterocycles. The van der Waals surface area contributed by atoms with Crippen molar-refractivity contribution >= 4 is 26.5 Å². The number of hydrogen-bond acceptors (Lipinski definition) is 4. The fraction of sp³-hybridized carbons (Fsp3) is 0.235. The van der Waals surface area contributed by atoms with E-state index in [0.29, 0.717) is 5.39 Å². The minimum Gasteiger partial charge on any atom is -0.487 e. The number of anilines is 1. The first kappa shape index (κ1) is 19.9. The number of alkyl halides is 4. The van der Waals surface area contributed by atoms with Crippen molar-refractivity contribution in [1.29, 1.82) is 0 Å². The third kappa shape index (κ3) is 4.03. The predicted molar refractivity (Wildman–Crippen MR) is 94.4 cm³/mol. The van der Waals surface area contributed by atoms with Crippen LogP contribution in [0.5, 0.6) is 5.75 Å². The summed E-state index contributed by atoms with van der Waals surface area (Å²) in [6.45, 7) is -0.845. The summed E-state index contributed by atoms with van der Waals surface area (Å²) >= 11 is 0. The molecule has 0 amide bonds. The first-order chi connectivity index (χ1) is 13.2. The second-order valence-corrected chi connectivity index (χ2v) is 7.47. The molecule has 1 N–H and O–H groups in total. The molecule has 0 atom stereocenters. The van der Waals surface area contributed by atoms with Crippen molar-refractivity contribution in [2.75, 3.05) is 11.3 Å². The molecule has 0 bridgehead atoms. The highest BCUT2D eigenvalue weighted by atomic mass is 32.2. The number of aryl methyl sites for hydroxylation is 1. The molecule has 0 radical (unpaired) electrons. The van der Waals surface area contributed by atoms with Crippen LogP contribution in [0.2, 0.25) is 0 Å². The summed E-state index contributed by atoms with van der Waals surface area (Å²) in [5.41, 5.74) is -1.05. The normalized spacial score (nSPS) is 12.1. The van der Waals surface area contributed by atoms with Gasteiger partial charge in [-0.05, 0) is 12.1 Å². The molecule has 0 saturated carbocycles. The number of fused-ring (bicyclic) bond motifs is 1. The van der Waals surface area contributed by atoms with Crippen molar-refractivity contribution in [3.8, 4) is 5.75 Å². The lowest BCUT2D eigenvalue weighted by Crippen LogP contribution is -2.14. The average molecular weight is 417 g/mol. The van der Waals surface area contributed by atoms with Gasteiger partial charge in [0.15, 0.2) is 5.69 Å². The monoisotopic (exact) mass is 417 g/mol. The van der Waals surface area contributed by atoms with Gasteiger partial charge in [0, 0.05) is 24.0 Å². The molecule has 0 saturated heterocycles. The number of benzene rings is 2. The lowest BCUT2D eigenvalue weighted by Gasteiger charge is -2.14. The fourth-order valence-electron chi connectivity index (χ4n) is 2.70. The van der Waals surface area contributed by atoms with E-state index >= 15 is 0 Å². The van der Waals surface area contributed by atoms with Crippen LogP contribution in [0, 0.1) is 0 Å².